The zero-order valence-corrected chi connectivity index (χ0v) is 17.4. The van der Waals surface area contributed by atoms with Gasteiger partial charge in [0.25, 0.3) is 0 Å². The SMILES string of the molecule is C[Si](C)(C)O[Si](C)(CCC1NCCCN1)O[Si](C)(C)C. The molecule has 4 nitrogen and oxygen atoms in total. The van der Waals surface area contributed by atoms with E-state index in [4.69, 9.17) is 8.23 Å². The first-order chi connectivity index (χ1) is 8.99. The van der Waals surface area contributed by atoms with Crippen molar-refractivity contribution >= 4 is 25.2 Å². The molecule has 0 aromatic carbocycles. The smallest absolute Gasteiger partial charge is 0.314 e. The van der Waals surface area contributed by atoms with E-state index in [0.29, 0.717) is 6.17 Å². The lowest BCUT2D eigenvalue weighted by atomic mass is 10.2. The van der Waals surface area contributed by atoms with Gasteiger partial charge in [0.2, 0.25) is 0 Å². The molecule has 1 aliphatic heterocycles. The monoisotopic (exact) mass is 334 g/mol. The number of hydrogen-bond donors (Lipinski definition) is 2. The first-order valence-electron chi connectivity index (χ1n) is 7.86. The molecule has 20 heavy (non-hydrogen) atoms. The van der Waals surface area contributed by atoms with Crippen LogP contribution in [0.25, 0.3) is 0 Å². The first kappa shape index (κ1) is 18.5. The quantitative estimate of drug-likeness (QED) is 0.702. The highest BCUT2D eigenvalue weighted by Crippen LogP contribution is 2.26. The number of rotatable bonds is 7. The van der Waals surface area contributed by atoms with Crippen LogP contribution in [0.15, 0.2) is 0 Å². The van der Waals surface area contributed by atoms with Crippen LogP contribution in [-0.2, 0) is 8.23 Å². The molecule has 0 bridgehead atoms. The summed E-state index contributed by atoms with van der Waals surface area (Å²) in [5.74, 6) is 0. The lowest BCUT2D eigenvalue weighted by Crippen LogP contribution is -2.54. The van der Waals surface area contributed by atoms with Crippen LogP contribution in [0, 0.1) is 0 Å². The van der Waals surface area contributed by atoms with Gasteiger partial charge in [-0.15, -0.1) is 0 Å². The van der Waals surface area contributed by atoms with E-state index in [9.17, 15) is 0 Å². The third kappa shape index (κ3) is 8.06. The standard InChI is InChI=1S/C13H34N2O2Si3/c1-18(2,3)16-20(7,17-19(4,5)6)12-9-13-14-10-8-11-15-13/h13-15H,8-12H2,1-7H3. The van der Waals surface area contributed by atoms with E-state index in [1.807, 2.05) is 0 Å². The molecule has 1 fully saturated rings. The van der Waals surface area contributed by atoms with Gasteiger partial charge in [-0.2, -0.15) is 0 Å². The van der Waals surface area contributed by atoms with Crippen molar-refractivity contribution in [3.8, 4) is 0 Å². The maximum atomic E-state index is 6.53. The molecule has 120 valence electrons. The summed E-state index contributed by atoms with van der Waals surface area (Å²) >= 11 is 0. The van der Waals surface area contributed by atoms with Crippen molar-refractivity contribution in [3.63, 3.8) is 0 Å². The minimum Gasteiger partial charge on any atom is -0.437 e. The Morgan fingerprint density at radius 1 is 0.850 bits per heavy atom. The van der Waals surface area contributed by atoms with Crippen LogP contribution in [0.2, 0.25) is 51.9 Å². The van der Waals surface area contributed by atoms with E-state index in [2.05, 4.69) is 56.5 Å². The highest BCUT2D eigenvalue weighted by molar-refractivity contribution is 6.87. The third-order valence-electron chi connectivity index (χ3n) is 3.07. The lowest BCUT2D eigenvalue weighted by Gasteiger charge is -2.39. The minimum absolute atomic E-state index is 0.436. The van der Waals surface area contributed by atoms with Gasteiger partial charge in [-0.3, -0.25) is 0 Å². The van der Waals surface area contributed by atoms with Crippen LogP contribution in [-0.4, -0.2) is 44.5 Å². The van der Waals surface area contributed by atoms with Gasteiger partial charge in [0.15, 0.2) is 16.6 Å². The highest BCUT2D eigenvalue weighted by Gasteiger charge is 2.40. The summed E-state index contributed by atoms with van der Waals surface area (Å²) < 4.78 is 13.1. The maximum Gasteiger partial charge on any atom is 0.314 e. The Morgan fingerprint density at radius 2 is 1.30 bits per heavy atom. The lowest BCUT2D eigenvalue weighted by molar-refractivity contribution is 0.337. The van der Waals surface area contributed by atoms with E-state index in [0.717, 1.165) is 25.6 Å². The molecule has 1 heterocycles. The van der Waals surface area contributed by atoms with E-state index in [-0.39, 0.29) is 0 Å². The van der Waals surface area contributed by atoms with Gasteiger partial charge < -0.3 is 18.9 Å². The van der Waals surface area contributed by atoms with Gasteiger partial charge in [0, 0.05) is 0 Å². The maximum absolute atomic E-state index is 6.53. The summed E-state index contributed by atoms with van der Waals surface area (Å²) in [6.07, 6.45) is 2.77. The second kappa shape index (κ2) is 7.17. The highest BCUT2D eigenvalue weighted by atomic mass is 28.5. The molecule has 0 aromatic rings. The van der Waals surface area contributed by atoms with Crippen LogP contribution >= 0.6 is 0 Å². The third-order valence-corrected chi connectivity index (χ3v) is 12.6. The molecule has 1 aliphatic rings. The summed E-state index contributed by atoms with van der Waals surface area (Å²) in [6.45, 7) is 18.1. The van der Waals surface area contributed by atoms with E-state index >= 15 is 0 Å². The van der Waals surface area contributed by atoms with Crippen LogP contribution in [0.5, 0.6) is 0 Å². The second-order valence-corrected chi connectivity index (χ2v) is 20.8. The molecular formula is C13H34N2O2Si3. The van der Waals surface area contributed by atoms with Crippen molar-refractivity contribution in [3.05, 3.63) is 0 Å². The molecule has 1 rings (SSSR count). The van der Waals surface area contributed by atoms with Gasteiger partial charge >= 0.3 is 8.56 Å². The van der Waals surface area contributed by atoms with Gasteiger partial charge in [0.1, 0.15) is 0 Å². The number of hydrogen-bond acceptors (Lipinski definition) is 4. The largest absolute Gasteiger partial charge is 0.437 e. The molecule has 0 aromatic heterocycles. The van der Waals surface area contributed by atoms with E-state index in [1.165, 1.54) is 6.42 Å². The fourth-order valence-corrected chi connectivity index (χ4v) is 15.3. The Hall–Kier alpha value is 0.491. The van der Waals surface area contributed by atoms with E-state index in [1.54, 1.807) is 0 Å². The molecule has 7 heteroatoms. The Morgan fingerprint density at radius 3 is 1.70 bits per heavy atom. The fraction of sp³-hybridized carbons (Fsp3) is 1.00. The van der Waals surface area contributed by atoms with Gasteiger partial charge in [-0.25, -0.2) is 0 Å². The Balaban J connectivity index is 2.61. The molecule has 1 saturated heterocycles. The molecule has 0 radical (unpaired) electrons. The van der Waals surface area contributed by atoms with Crippen molar-refractivity contribution in [2.75, 3.05) is 13.1 Å². The Labute approximate surface area is 128 Å². The van der Waals surface area contributed by atoms with Crippen molar-refractivity contribution < 1.29 is 8.23 Å². The summed E-state index contributed by atoms with van der Waals surface area (Å²) in [6, 6.07) is 1.08. The summed E-state index contributed by atoms with van der Waals surface area (Å²) in [5.41, 5.74) is 0. The zero-order valence-electron chi connectivity index (χ0n) is 14.4. The molecule has 0 unspecified atom stereocenters. The molecule has 0 amide bonds. The molecule has 0 spiro atoms. The average molecular weight is 335 g/mol. The van der Waals surface area contributed by atoms with Crippen molar-refractivity contribution in [2.45, 2.75) is 70.9 Å². The van der Waals surface area contributed by atoms with Gasteiger partial charge in [0.05, 0.1) is 6.17 Å². The molecule has 0 aliphatic carbocycles. The van der Waals surface area contributed by atoms with Gasteiger partial charge in [-0.05, 0) is 77.8 Å². The number of nitrogens with one attached hydrogen (secondary N) is 2. The Bertz CT molecular complexity index is 281. The molecule has 0 saturated carbocycles. The van der Waals surface area contributed by atoms with E-state index < -0.39 is 25.2 Å². The second-order valence-electron chi connectivity index (χ2n) is 7.92. The average Bonchev–Trinajstić information content (AvgIpc) is 2.23. The topological polar surface area (TPSA) is 42.5 Å². The minimum atomic E-state index is -2.06. The van der Waals surface area contributed by atoms with Crippen LogP contribution in [0.3, 0.4) is 0 Å². The Kier molecular flexibility index (Phi) is 6.64. The van der Waals surface area contributed by atoms with Crippen molar-refractivity contribution in [1.82, 2.24) is 10.6 Å². The summed E-state index contributed by atoms with van der Waals surface area (Å²) in [7, 11) is -5.18. The summed E-state index contributed by atoms with van der Waals surface area (Å²) in [5, 5.41) is 7.08. The normalized spacial score (nSPS) is 19.4. The zero-order chi connectivity index (χ0) is 15.4. The van der Waals surface area contributed by atoms with Gasteiger partial charge in [-0.1, -0.05) is 0 Å². The van der Waals surface area contributed by atoms with Crippen LogP contribution < -0.4 is 10.6 Å². The first-order valence-corrected chi connectivity index (χ1v) is 17.2. The van der Waals surface area contributed by atoms with Crippen LogP contribution in [0.1, 0.15) is 12.8 Å². The van der Waals surface area contributed by atoms with Crippen molar-refractivity contribution in [2.24, 2.45) is 0 Å². The fourth-order valence-electron chi connectivity index (χ4n) is 2.74. The molecule has 2 N–H and O–H groups in total. The predicted octanol–water partition coefficient (Wildman–Crippen LogP) is 3.06. The van der Waals surface area contributed by atoms with Crippen molar-refractivity contribution in [1.29, 1.82) is 0 Å². The van der Waals surface area contributed by atoms with Crippen LogP contribution in [0.4, 0.5) is 0 Å². The summed E-state index contributed by atoms with van der Waals surface area (Å²) in [4.78, 5) is 0. The predicted molar refractivity (Wildman–Crippen MR) is 94.3 cm³/mol. The molecular weight excluding hydrogens is 300 g/mol. The molecule has 0 atom stereocenters.